The van der Waals surface area contributed by atoms with Gasteiger partial charge >= 0.3 is 0 Å². The van der Waals surface area contributed by atoms with Crippen LogP contribution in [0.1, 0.15) is 30.0 Å². The van der Waals surface area contributed by atoms with Gasteiger partial charge in [-0.2, -0.15) is 0 Å². The van der Waals surface area contributed by atoms with Crippen LogP contribution in [-0.4, -0.2) is 0 Å². The lowest BCUT2D eigenvalue weighted by atomic mass is 9.87. The number of aryl methyl sites for hydroxylation is 1. The molecule has 1 aliphatic carbocycles. The number of fused-ring (bicyclic) bond motifs is 1. The monoisotopic (exact) mass is 259 g/mol. The minimum absolute atomic E-state index is 0.0567. The Hall–Kier alpha value is -1.90. The van der Waals surface area contributed by atoms with Crippen molar-refractivity contribution < 1.29 is 8.78 Å². The summed E-state index contributed by atoms with van der Waals surface area (Å²) in [5.41, 5.74) is 2.72. The summed E-state index contributed by atoms with van der Waals surface area (Å²) in [6.45, 7) is 0. The Kier molecular flexibility index (Phi) is 3.20. The van der Waals surface area contributed by atoms with Gasteiger partial charge in [0.2, 0.25) is 0 Å². The predicted molar refractivity (Wildman–Crippen MR) is 72.1 cm³/mol. The second-order valence-electron chi connectivity index (χ2n) is 4.91. The molecular formula is C16H15F2N. The zero-order valence-electron chi connectivity index (χ0n) is 10.5. The molecular weight excluding hydrogens is 244 g/mol. The molecule has 2 aromatic rings. The first-order valence-corrected chi connectivity index (χ1v) is 6.53. The van der Waals surface area contributed by atoms with Crippen molar-refractivity contribution in [1.82, 2.24) is 0 Å². The lowest BCUT2D eigenvalue weighted by Crippen LogP contribution is -2.17. The van der Waals surface area contributed by atoms with Crippen LogP contribution in [0.5, 0.6) is 0 Å². The van der Waals surface area contributed by atoms with Crippen LogP contribution in [0.25, 0.3) is 0 Å². The molecule has 98 valence electrons. The highest BCUT2D eigenvalue weighted by Crippen LogP contribution is 2.33. The molecule has 0 saturated heterocycles. The number of halogens is 2. The van der Waals surface area contributed by atoms with E-state index in [1.165, 1.54) is 17.2 Å². The Labute approximate surface area is 111 Å². The first-order valence-electron chi connectivity index (χ1n) is 6.53. The van der Waals surface area contributed by atoms with Crippen molar-refractivity contribution in [3.8, 4) is 0 Å². The van der Waals surface area contributed by atoms with Gasteiger partial charge in [-0.25, -0.2) is 8.78 Å². The van der Waals surface area contributed by atoms with Gasteiger partial charge < -0.3 is 5.32 Å². The van der Waals surface area contributed by atoms with Gasteiger partial charge in [-0.3, -0.25) is 0 Å². The third kappa shape index (κ3) is 2.46. The second-order valence-corrected chi connectivity index (χ2v) is 4.91. The van der Waals surface area contributed by atoms with Crippen LogP contribution >= 0.6 is 0 Å². The highest BCUT2D eigenvalue weighted by Gasteiger charge is 2.20. The van der Waals surface area contributed by atoms with Crippen molar-refractivity contribution in [3.05, 3.63) is 65.2 Å². The van der Waals surface area contributed by atoms with Crippen molar-refractivity contribution >= 4 is 5.69 Å². The van der Waals surface area contributed by atoms with Crippen LogP contribution in [0.4, 0.5) is 14.5 Å². The first kappa shape index (κ1) is 12.2. The molecule has 0 bridgehead atoms. The largest absolute Gasteiger partial charge is 0.376 e. The van der Waals surface area contributed by atoms with E-state index >= 15 is 0 Å². The maximum atomic E-state index is 13.7. The van der Waals surface area contributed by atoms with Gasteiger partial charge in [0.15, 0.2) is 0 Å². The summed E-state index contributed by atoms with van der Waals surface area (Å²) in [7, 11) is 0. The number of nitrogens with one attached hydrogen (secondary N) is 1. The molecule has 1 aliphatic rings. The van der Waals surface area contributed by atoms with E-state index in [-0.39, 0.29) is 11.7 Å². The Bertz CT molecular complexity index is 595. The van der Waals surface area contributed by atoms with E-state index in [2.05, 4.69) is 17.4 Å². The standard InChI is InChI=1S/C16H15F2N/c17-12-8-9-14(18)16(10-12)19-15-7-3-5-11-4-1-2-6-13(11)15/h1-2,4,6,8-10,15,19H,3,5,7H2. The molecule has 0 heterocycles. The molecule has 1 atom stereocenters. The minimum Gasteiger partial charge on any atom is -0.376 e. The number of hydrogen-bond donors (Lipinski definition) is 1. The van der Waals surface area contributed by atoms with Crippen LogP contribution in [-0.2, 0) is 6.42 Å². The van der Waals surface area contributed by atoms with Gasteiger partial charge in [0.05, 0.1) is 11.7 Å². The van der Waals surface area contributed by atoms with Crippen molar-refractivity contribution in [2.24, 2.45) is 0 Å². The van der Waals surface area contributed by atoms with E-state index in [9.17, 15) is 8.78 Å². The van der Waals surface area contributed by atoms with Gasteiger partial charge in [0.1, 0.15) is 11.6 Å². The summed E-state index contributed by atoms with van der Waals surface area (Å²) in [5.74, 6) is -0.836. The molecule has 0 aromatic heterocycles. The molecule has 0 aliphatic heterocycles. The first-order chi connectivity index (χ1) is 9.24. The maximum absolute atomic E-state index is 13.7. The van der Waals surface area contributed by atoms with Gasteiger partial charge in [-0.05, 0) is 48.6 Å². The van der Waals surface area contributed by atoms with Crippen LogP contribution in [0.2, 0.25) is 0 Å². The van der Waals surface area contributed by atoms with Crippen LogP contribution < -0.4 is 5.32 Å². The summed E-state index contributed by atoms with van der Waals surface area (Å²) < 4.78 is 26.9. The maximum Gasteiger partial charge on any atom is 0.146 e. The Balaban J connectivity index is 1.90. The van der Waals surface area contributed by atoms with E-state index in [1.807, 2.05) is 12.1 Å². The zero-order valence-corrected chi connectivity index (χ0v) is 10.5. The molecule has 0 amide bonds. The average Bonchev–Trinajstić information content (AvgIpc) is 2.43. The lowest BCUT2D eigenvalue weighted by Gasteiger charge is -2.27. The van der Waals surface area contributed by atoms with E-state index in [0.717, 1.165) is 31.4 Å². The molecule has 3 heteroatoms. The Morgan fingerprint density at radius 1 is 1.05 bits per heavy atom. The molecule has 0 spiro atoms. The van der Waals surface area contributed by atoms with Crippen LogP contribution in [0, 0.1) is 11.6 Å². The van der Waals surface area contributed by atoms with Crippen LogP contribution in [0.3, 0.4) is 0 Å². The number of benzene rings is 2. The quantitative estimate of drug-likeness (QED) is 0.840. The topological polar surface area (TPSA) is 12.0 Å². The molecule has 0 fully saturated rings. The minimum atomic E-state index is -0.423. The van der Waals surface area contributed by atoms with E-state index < -0.39 is 11.6 Å². The SMILES string of the molecule is Fc1ccc(F)c(NC2CCCc3ccccc32)c1. The summed E-state index contributed by atoms with van der Waals surface area (Å²) in [6, 6.07) is 11.7. The van der Waals surface area contributed by atoms with Gasteiger partial charge in [0, 0.05) is 0 Å². The van der Waals surface area contributed by atoms with Crippen molar-refractivity contribution in [1.29, 1.82) is 0 Å². The molecule has 3 rings (SSSR count). The van der Waals surface area contributed by atoms with Crippen molar-refractivity contribution in [3.63, 3.8) is 0 Å². The van der Waals surface area contributed by atoms with Crippen molar-refractivity contribution in [2.45, 2.75) is 25.3 Å². The van der Waals surface area contributed by atoms with Crippen molar-refractivity contribution in [2.75, 3.05) is 5.32 Å². The predicted octanol–water partition coefficient (Wildman–Crippen LogP) is 4.45. The highest BCUT2D eigenvalue weighted by atomic mass is 19.1. The van der Waals surface area contributed by atoms with E-state index in [4.69, 9.17) is 0 Å². The molecule has 1 nitrogen and oxygen atoms in total. The molecule has 19 heavy (non-hydrogen) atoms. The average molecular weight is 259 g/mol. The molecule has 0 radical (unpaired) electrons. The molecule has 0 saturated carbocycles. The van der Waals surface area contributed by atoms with E-state index in [0.29, 0.717) is 0 Å². The summed E-state index contributed by atoms with van der Waals surface area (Å²) in [6.07, 6.45) is 3.05. The Morgan fingerprint density at radius 3 is 2.79 bits per heavy atom. The zero-order chi connectivity index (χ0) is 13.2. The second kappa shape index (κ2) is 5.00. The molecule has 2 aromatic carbocycles. The summed E-state index contributed by atoms with van der Waals surface area (Å²) in [5, 5.41) is 3.13. The number of hydrogen-bond acceptors (Lipinski definition) is 1. The third-order valence-electron chi connectivity index (χ3n) is 3.63. The fraction of sp³-hybridized carbons (Fsp3) is 0.250. The van der Waals surface area contributed by atoms with Crippen LogP contribution in [0.15, 0.2) is 42.5 Å². The fourth-order valence-electron chi connectivity index (χ4n) is 2.70. The van der Waals surface area contributed by atoms with Gasteiger partial charge in [0.25, 0.3) is 0 Å². The molecule has 1 N–H and O–H groups in total. The normalized spacial score (nSPS) is 17.9. The van der Waals surface area contributed by atoms with Gasteiger partial charge in [-0.15, -0.1) is 0 Å². The smallest absolute Gasteiger partial charge is 0.146 e. The number of rotatable bonds is 2. The summed E-state index contributed by atoms with van der Waals surface area (Å²) >= 11 is 0. The fourth-order valence-corrected chi connectivity index (χ4v) is 2.70. The third-order valence-corrected chi connectivity index (χ3v) is 3.63. The Morgan fingerprint density at radius 2 is 1.89 bits per heavy atom. The molecule has 1 unspecified atom stereocenters. The van der Waals surface area contributed by atoms with Gasteiger partial charge in [-0.1, -0.05) is 24.3 Å². The number of anilines is 1. The highest BCUT2D eigenvalue weighted by molar-refractivity contribution is 5.48. The van der Waals surface area contributed by atoms with E-state index in [1.54, 1.807) is 0 Å². The summed E-state index contributed by atoms with van der Waals surface area (Å²) in [4.78, 5) is 0. The lowest BCUT2D eigenvalue weighted by molar-refractivity contribution is 0.578.